The van der Waals surface area contributed by atoms with Crippen LogP contribution in [0.1, 0.15) is 38.2 Å². The minimum Gasteiger partial charge on any atom is -0.491 e. The van der Waals surface area contributed by atoms with Gasteiger partial charge in [-0.25, -0.2) is 14.4 Å². The van der Waals surface area contributed by atoms with Crippen molar-refractivity contribution in [2.45, 2.75) is 38.7 Å². The van der Waals surface area contributed by atoms with Gasteiger partial charge in [0.2, 0.25) is 0 Å². The monoisotopic (exact) mass is 640 g/mol. The van der Waals surface area contributed by atoms with Crippen LogP contribution in [0.4, 0.5) is 10.5 Å². The molecule has 0 saturated heterocycles. The highest BCUT2D eigenvalue weighted by Crippen LogP contribution is 2.40. The lowest BCUT2D eigenvalue weighted by molar-refractivity contribution is -0.384. The molecule has 4 N–H and O–H groups in total. The first-order valence-corrected chi connectivity index (χ1v) is 14.8. The summed E-state index contributed by atoms with van der Waals surface area (Å²) in [6.45, 7) is 4.56. The van der Waals surface area contributed by atoms with Crippen LogP contribution in [0.25, 0.3) is 0 Å². The smallest absolute Gasteiger partial charge is 0.407 e. The Balaban J connectivity index is 1.39. The average Bonchev–Trinajstić information content (AvgIpc) is 3.04. The molecule has 0 aliphatic carbocycles. The van der Waals surface area contributed by atoms with E-state index in [0.717, 1.165) is 0 Å². The van der Waals surface area contributed by atoms with Crippen LogP contribution in [0.5, 0.6) is 5.75 Å². The van der Waals surface area contributed by atoms with Crippen molar-refractivity contribution in [2.75, 3.05) is 46.6 Å². The number of nitro groups is 1. The van der Waals surface area contributed by atoms with Gasteiger partial charge in [0.05, 0.1) is 42.3 Å². The number of rotatable bonds is 17. The molecule has 3 rings (SSSR count). The number of unbranched alkanes of at least 4 members (excludes halogenated alkanes) is 1. The normalized spacial score (nSPS) is 15.0. The van der Waals surface area contributed by atoms with Gasteiger partial charge in [-0.1, -0.05) is 30.3 Å². The summed E-state index contributed by atoms with van der Waals surface area (Å²) in [5.74, 6) is -1.66. The van der Waals surface area contributed by atoms with Gasteiger partial charge in [-0.05, 0) is 44.4 Å². The summed E-state index contributed by atoms with van der Waals surface area (Å²) in [6, 6.07) is 14.9. The molecule has 46 heavy (non-hydrogen) atoms. The zero-order valence-electron chi connectivity index (χ0n) is 26.1. The van der Waals surface area contributed by atoms with Gasteiger partial charge in [0, 0.05) is 43.2 Å². The Kier molecular flexibility index (Phi) is 14.0. The van der Waals surface area contributed by atoms with Crippen LogP contribution in [0.3, 0.4) is 0 Å². The number of ether oxygens (including phenoxy) is 4. The van der Waals surface area contributed by atoms with E-state index in [0.29, 0.717) is 55.2 Å². The molecule has 2 aromatic rings. The van der Waals surface area contributed by atoms with E-state index in [9.17, 15) is 29.6 Å². The Morgan fingerprint density at radius 1 is 0.957 bits per heavy atom. The van der Waals surface area contributed by atoms with Crippen LogP contribution in [0.2, 0.25) is 0 Å². The van der Waals surface area contributed by atoms with Gasteiger partial charge in [-0.3, -0.25) is 10.1 Å². The lowest BCUT2D eigenvalue weighted by atomic mass is 9.80. The van der Waals surface area contributed by atoms with E-state index in [1.807, 2.05) is 18.2 Å². The molecule has 14 heteroatoms. The topological polar surface area (TPSA) is 188 Å². The summed E-state index contributed by atoms with van der Waals surface area (Å²) in [4.78, 5) is 48.8. The van der Waals surface area contributed by atoms with Crippen molar-refractivity contribution >= 4 is 23.7 Å². The number of esters is 2. The predicted molar refractivity (Wildman–Crippen MR) is 167 cm³/mol. The second-order valence-electron chi connectivity index (χ2n) is 10.4. The van der Waals surface area contributed by atoms with E-state index in [1.54, 1.807) is 32.0 Å². The van der Waals surface area contributed by atoms with E-state index in [1.165, 1.54) is 25.3 Å². The number of nitrogens with zero attached hydrogens (tertiary/aromatic N) is 1. The highest BCUT2D eigenvalue weighted by Gasteiger charge is 2.38. The molecule has 0 radical (unpaired) electrons. The highest BCUT2D eigenvalue weighted by molar-refractivity contribution is 5.99. The van der Waals surface area contributed by atoms with E-state index in [-0.39, 0.29) is 36.7 Å². The standard InChI is InChI=1S/C32H40N4O10/c1-21-27(30(38)43-3)29(23-10-9-11-24(18-23)36(41)42)28(22(2)35-21)31(39)44-16-7-8-17-45-32(40)34-15-14-33-19-25(37)20-46-26-12-5-4-6-13-26/h4-6,9-13,18,25,29,33,35,37H,7-8,14-17,19-20H2,1-3H3,(H,34,40). The van der Waals surface area contributed by atoms with Crippen LogP contribution < -0.4 is 20.7 Å². The molecule has 2 atom stereocenters. The third kappa shape index (κ3) is 10.6. The number of aliphatic hydroxyl groups is 1. The number of nitro benzene ring substituents is 1. The third-order valence-electron chi connectivity index (χ3n) is 6.94. The Bertz CT molecular complexity index is 1430. The molecule has 0 aromatic heterocycles. The van der Waals surface area contributed by atoms with Crippen molar-refractivity contribution < 1.29 is 43.4 Å². The minimum atomic E-state index is -0.950. The molecule has 2 aromatic carbocycles. The number of nitrogens with one attached hydrogen (secondary N) is 3. The first-order valence-electron chi connectivity index (χ1n) is 14.8. The average molecular weight is 641 g/mol. The number of methoxy groups -OCH3 is 1. The number of allylic oxidation sites excluding steroid dienone is 2. The Labute approximate surface area is 266 Å². The van der Waals surface area contributed by atoms with Crippen LogP contribution in [-0.2, 0) is 23.8 Å². The lowest BCUT2D eigenvalue weighted by Gasteiger charge is -2.30. The molecule has 14 nitrogen and oxygen atoms in total. The molecular weight excluding hydrogens is 600 g/mol. The number of para-hydroxylation sites is 1. The maximum atomic E-state index is 13.3. The minimum absolute atomic E-state index is 0.0126. The summed E-state index contributed by atoms with van der Waals surface area (Å²) < 4.78 is 21.1. The molecule has 2 unspecified atom stereocenters. The SMILES string of the molecule is COC(=O)C1=C(C)NC(C)=C(C(=O)OCCCCOC(=O)NCCNCC(O)COc2ccccc2)C1c1cccc([N+](=O)[O-])c1. The van der Waals surface area contributed by atoms with E-state index in [2.05, 4.69) is 16.0 Å². The van der Waals surface area contributed by atoms with E-state index < -0.39 is 35.0 Å². The molecule has 0 fully saturated rings. The van der Waals surface area contributed by atoms with Crippen molar-refractivity contribution in [1.29, 1.82) is 0 Å². The molecule has 248 valence electrons. The fraction of sp³-hybridized carbons (Fsp3) is 0.406. The van der Waals surface area contributed by atoms with Gasteiger partial charge in [-0.2, -0.15) is 0 Å². The number of hydrogen-bond donors (Lipinski definition) is 4. The van der Waals surface area contributed by atoms with Gasteiger partial charge < -0.3 is 40.0 Å². The summed E-state index contributed by atoms with van der Waals surface area (Å²) in [7, 11) is 1.21. The number of dihydropyridines is 1. The maximum Gasteiger partial charge on any atom is 0.407 e. The fourth-order valence-corrected chi connectivity index (χ4v) is 4.75. The molecule has 0 spiro atoms. The summed E-state index contributed by atoms with van der Waals surface area (Å²) in [5.41, 5.74) is 1.35. The van der Waals surface area contributed by atoms with Crippen LogP contribution in [0.15, 0.2) is 77.1 Å². The van der Waals surface area contributed by atoms with Gasteiger partial charge >= 0.3 is 18.0 Å². The zero-order valence-corrected chi connectivity index (χ0v) is 26.1. The lowest BCUT2D eigenvalue weighted by Crippen LogP contribution is -2.37. The molecule has 1 aliphatic heterocycles. The van der Waals surface area contributed by atoms with E-state index in [4.69, 9.17) is 18.9 Å². The molecule has 1 heterocycles. The number of hydrogen-bond acceptors (Lipinski definition) is 12. The number of amides is 1. The van der Waals surface area contributed by atoms with Crippen molar-refractivity contribution in [1.82, 2.24) is 16.0 Å². The number of aliphatic hydroxyl groups excluding tert-OH is 1. The third-order valence-corrected chi connectivity index (χ3v) is 6.94. The van der Waals surface area contributed by atoms with Gasteiger partial charge in [0.25, 0.3) is 5.69 Å². The molecule has 0 bridgehead atoms. The first kappa shape index (κ1) is 35.5. The first-order chi connectivity index (χ1) is 22.1. The van der Waals surface area contributed by atoms with Crippen molar-refractivity contribution in [2.24, 2.45) is 0 Å². The number of benzene rings is 2. The molecule has 0 saturated carbocycles. The van der Waals surface area contributed by atoms with Gasteiger partial charge in [-0.15, -0.1) is 0 Å². The molecule has 1 amide bonds. The largest absolute Gasteiger partial charge is 0.491 e. The highest BCUT2D eigenvalue weighted by atomic mass is 16.6. The number of non-ortho nitro benzene ring substituents is 1. The summed E-state index contributed by atoms with van der Waals surface area (Å²) in [5, 5.41) is 30.1. The maximum absolute atomic E-state index is 13.3. The Hall–Kier alpha value is -4.95. The quantitative estimate of drug-likeness (QED) is 0.0652. The van der Waals surface area contributed by atoms with Gasteiger partial charge in [0.15, 0.2) is 0 Å². The molecule has 1 aliphatic rings. The van der Waals surface area contributed by atoms with Gasteiger partial charge in [0.1, 0.15) is 18.5 Å². The Morgan fingerprint density at radius 3 is 2.30 bits per heavy atom. The number of carbonyl (C=O) groups is 3. The van der Waals surface area contributed by atoms with Crippen molar-refractivity contribution in [3.05, 3.63) is 92.8 Å². The second kappa shape index (κ2) is 18.1. The Morgan fingerprint density at radius 2 is 1.63 bits per heavy atom. The van der Waals surface area contributed by atoms with Crippen LogP contribution >= 0.6 is 0 Å². The van der Waals surface area contributed by atoms with E-state index >= 15 is 0 Å². The summed E-state index contributed by atoms with van der Waals surface area (Å²) >= 11 is 0. The number of alkyl carbamates (subject to hydrolysis) is 1. The van der Waals surface area contributed by atoms with Crippen LogP contribution in [0, 0.1) is 10.1 Å². The second-order valence-corrected chi connectivity index (χ2v) is 10.4. The zero-order chi connectivity index (χ0) is 33.5. The number of carbonyl (C=O) groups excluding carboxylic acids is 3. The van der Waals surface area contributed by atoms with Crippen molar-refractivity contribution in [3.8, 4) is 5.75 Å². The summed E-state index contributed by atoms with van der Waals surface area (Å²) in [6.07, 6.45) is -0.498. The van der Waals surface area contributed by atoms with Crippen molar-refractivity contribution in [3.63, 3.8) is 0 Å². The van der Waals surface area contributed by atoms with Crippen LogP contribution in [-0.4, -0.2) is 80.7 Å². The molecular formula is C32H40N4O10. The fourth-order valence-electron chi connectivity index (χ4n) is 4.75. The predicted octanol–water partition coefficient (Wildman–Crippen LogP) is 3.08.